The average molecular weight is 688 g/mol. The second kappa shape index (κ2) is 17.0. The number of hydrogen-bond acceptors (Lipinski definition) is 2. The van der Waals surface area contributed by atoms with Gasteiger partial charge in [0.2, 0.25) is 0 Å². The Morgan fingerprint density at radius 2 is 1.22 bits per heavy atom. The second-order valence-electron chi connectivity index (χ2n) is 14.8. The number of aryl methyl sites for hydroxylation is 2. The zero-order chi connectivity index (χ0) is 33.3. The number of unbranched alkanes of at least 4 members (excludes halogenated alkanes) is 2. The van der Waals surface area contributed by atoms with Gasteiger partial charge in [0.1, 0.15) is 0 Å². The van der Waals surface area contributed by atoms with Crippen molar-refractivity contribution in [2.75, 3.05) is 0 Å². The Morgan fingerprint density at radius 1 is 0.630 bits per heavy atom. The molecule has 4 heteroatoms. The van der Waals surface area contributed by atoms with E-state index in [1.807, 2.05) is 0 Å². The summed E-state index contributed by atoms with van der Waals surface area (Å²) in [6.45, 7) is 17.8. The van der Waals surface area contributed by atoms with Gasteiger partial charge in [-0.15, -0.1) is 0 Å². The van der Waals surface area contributed by atoms with Crippen LogP contribution in [0, 0.1) is 11.8 Å². The molecule has 3 aromatic rings. The molecule has 1 saturated heterocycles. The largest absolute Gasteiger partial charge is 0.495 e. The topological polar surface area (TPSA) is 18.5 Å². The van der Waals surface area contributed by atoms with Crippen LogP contribution in [0.5, 0.6) is 0 Å². The van der Waals surface area contributed by atoms with E-state index in [0.29, 0.717) is 0 Å². The smallest absolute Gasteiger partial charge is 0.399 e. The molecule has 2 unspecified atom stereocenters. The molecule has 0 bridgehead atoms. The summed E-state index contributed by atoms with van der Waals surface area (Å²) in [4.78, 5) is 0. The molecule has 1 aliphatic rings. The molecule has 2 nitrogen and oxygen atoms in total. The maximum atomic E-state index is 6.62. The summed E-state index contributed by atoms with van der Waals surface area (Å²) in [5.74, 6) is 1.61. The van der Waals surface area contributed by atoms with Gasteiger partial charge in [0, 0.05) is 4.47 Å². The van der Waals surface area contributed by atoms with Crippen LogP contribution < -0.4 is 5.46 Å². The van der Waals surface area contributed by atoms with E-state index in [2.05, 4.69) is 132 Å². The first-order chi connectivity index (χ1) is 22.0. The maximum Gasteiger partial charge on any atom is 0.495 e. The van der Waals surface area contributed by atoms with Crippen molar-refractivity contribution in [3.8, 4) is 22.3 Å². The molecule has 1 fully saturated rings. The van der Waals surface area contributed by atoms with Crippen molar-refractivity contribution in [3.63, 3.8) is 0 Å². The molecule has 3 aromatic carbocycles. The van der Waals surface area contributed by atoms with Gasteiger partial charge in [-0.3, -0.25) is 0 Å². The zero-order valence-corrected chi connectivity index (χ0v) is 31.8. The van der Waals surface area contributed by atoms with E-state index in [0.717, 1.165) is 34.6 Å². The van der Waals surface area contributed by atoms with Gasteiger partial charge in [0.15, 0.2) is 0 Å². The minimum absolute atomic E-state index is 0.393. The van der Waals surface area contributed by atoms with Crippen LogP contribution in [-0.4, -0.2) is 18.3 Å². The summed E-state index contributed by atoms with van der Waals surface area (Å²) in [6.07, 6.45) is 15.2. The van der Waals surface area contributed by atoms with Crippen LogP contribution in [0.2, 0.25) is 0 Å². The molecule has 2 atom stereocenters. The van der Waals surface area contributed by atoms with E-state index in [1.54, 1.807) is 0 Å². The molecule has 46 heavy (non-hydrogen) atoms. The number of benzene rings is 3. The SMILES string of the molecule is CCCCC(CC)CCc1cc(Br)cc(-c2ccc(B3OC(C)(C)C(C)(C)O3)c(-c3cccc(CCC(CC)CCCC)c3)c2)c1. The fraction of sp³-hybridized carbons (Fsp3) is 0.571. The standard InChI is InChI=1S/C42H60BBrO2/c1-9-13-16-31(11-3)20-22-33-18-15-19-36(26-33)39-30-35(24-25-40(39)43-45-41(5,6)42(7,8)46-43)37-27-34(28-38(44)29-37)23-21-32(12-4)17-14-10-2/h15,18-19,24-32H,9-14,16-17,20-23H2,1-8H3. The second-order valence-corrected chi connectivity index (χ2v) is 15.8. The lowest BCUT2D eigenvalue weighted by Gasteiger charge is -2.32. The molecule has 0 amide bonds. The van der Waals surface area contributed by atoms with Crippen LogP contribution in [0.25, 0.3) is 22.3 Å². The van der Waals surface area contributed by atoms with Gasteiger partial charge >= 0.3 is 7.12 Å². The summed E-state index contributed by atoms with van der Waals surface area (Å²) >= 11 is 3.85. The Morgan fingerprint density at radius 3 is 1.80 bits per heavy atom. The fourth-order valence-corrected chi connectivity index (χ4v) is 7.39. The minimum atomic E-state index is -0.414. The third kappa shape index (κ3) is 9.60. The van der Waals surface area contributed by atoms with E-state index in [4.69, 9.17) is 9.31 Å². The van der Waals surface area contributed by atoms with Crippen LogP contribution >= 0.6 is 15.9 Å². The van der Waals surface area contributed by atoms with Gasteiger partial charge in [-0.25, -0.2) is 0 Å². The highest BCUT2D eigenvalue weighted by molar-refractivity contribution is 9.10. The lowest BCUT2D eigenvalue weighted by molar-refractivity contribution is 0.00578. The molecule has 0 saturated carbocycles. The third-order valence-corrected chi connectivity index (χ3v) is 11.3. The van der Waals surface area contributed by atoms with Gasteiger partial charge in [0.25, 0.3) is 0 Å². The van der Waals surface area contributed by atoms with Crippen LogP contribution in [0.1, 0.15) is 131 Å². The third-order valence-electron chi connectivity index (χ3n) is 10.9. The Bertz CT molecular complexity index is 1380. The normalized spacial score (nSPS) is 16.9. The first-order valence-corrected chi connectivity index (χ1v) is 19.2. The number of hydrogen-bond donors (Lipinski definition) is 0. The Balaban J connectivity index is 1.69. The predicted molar refractivity (Wildman–Crippen MR) is 204 cm³/mol. The van der Waals surface area contributed by atoms with Crippen molar-refractivity contribution >= 4 is 28.5 Å². The summed E-state index contributed by atoms with van der Waals surface area (Å²) in [6, 6.07) is 23.1. The van der Waals surface area contributed by atoms with E-state index >= 15 is 0 Å². The zero-order valence-electron chi connectivity index (χ0n) is 30.2. The molecule has 0 aliphatic carbocycles. The van der Waals surface area contributed by atoms with Crippen LogP contribution in [-0.2, 0) is 22.2 Å². The summed E-state index contributed by atoms with van der Waals surface area (Å²) in [7, 11) is -0.414. The monoisotopic (exact) mass is 686 g/mol. The van der Waals surface area contributed by atoms with E-state index < -0.39 is 18.3 Å². The predicted octanol–water partition coefficient (Wildman–Crippen LogP) is 12.4. The highest BCUT2D eigenvalue weighted by atomic mass is 79.9. The highest BCUT2D eigenvalue weighted by Gasteiger charge is 2.52. The average Bonchev–Trinajstić information content (AvgIpc) is 3.26. The highest BCUT2D eigenvalue weighted by Crippen LogP contribution is 2.38. The van der Waals surface area contributed by atoms with E-state index in [9.17, 15) is 0 Å². The minimum Gasteiger partial charge on any atom is -0.399 e. The van der Waals surface area contributed by atoms with Crippen molar-refractivity contribution in [2.24, 2.45) is 11.8 Å². The molecule has 0 aromatic heterocycles. The maximum absolute atomic E-state index is 6.62. The first-order valence-electron chi connectivity index (χ1n) is 18.4. The number of halogens is 1. The van der Waals surface area contributed by atoms with Crippen molar-refractivity contribution in [3.05, 3.63) is 76.3 Å². The summed E-state index contributed by atoms with van der Waals surface area (Å²) in [5, 5.41) is 0. The van der Waals surface area contributed by atoms with E-state index in [-0.39, 0.29) is 0 Å². The van der Waals surface area contributed by atoms with Gasteiger partial charge in [-0.05, 0) is 122 Å². The van der Waals surface area contributed by atoms with Crippen molar-refractivity contribution < 1.29 is 9.31 Å². The molecule has 0 spiro atoms. The molecule has 1 aliphatic heterocycles. The molecular formula is C42H60BBrO2. The summed E-state index contributed by atoms with van der Waals surface area (Å²) < 4.78 is 14.4. The fourth-order valence-electron chi connectivity index (χ4n) is 6.85. The quantitative estimate of drug-likeness (QED) is 0.132. The molecule has 250 valence electrons. The molecule has 4 rings (SSSR count). The van der Waals surface area contributed by atoms with Gasteiger partial charge in [0.05, 0.1) is 11.2 Å². The van der Waals surface area contributed by atoms with Crippen molar-refractivity contribution in [2.45, 2.75) is 144 Å². The van der Waals surface area contributed by atoms with Crippen molar-refractivity contribution in [1.29, 1.82) is 0 Å². The molecular weight excluding hydrogens is 627 g/mol. The van der Waals surface area contributed by atoms with Crippen LogP contribution in [0.15, 0.2) is 65.1 Å². The number of rotatable bonds is 17. The molecule has 0 N–H and O–H groups in total. The Kier molecular flexibility index (Phi) is 13.6. The van der Waals surface area contributed by atoms with Crippen LogP contribution in [0.4, 0.5) is 0 Å². The van der Waals surface area contributed by atoms with Crippen molar-refractivity contribution in [1.82, 2.24) is 0 Å². The van der Waals surface area contributed by atoms with Gasteiger partial charge in [-0.2, -0.15) is 0 Å². The molecule has 1 heterocycles. The van der Waals surface area contributed by atoms with E-state index in [1.165, 1.54) is 97.6 Å². The summed E-state index contributed by atoms with van der Waals surface area (Å²) in [5.41, 5.74) is 8.06. The lowest BCUT2D eigenvalue weighted by atomic mass is 9.73. The van der Waals surface area contributed by atoms with Gasteiger partial charge < -0.3 is 9.31 Å². The Labute approximate surface area is 290 Å². The first kappa shape index (κ1) is 37.0. The van der Waals surface area contributed by atoms with Crippen LogP contribution in [0.3, 0.4) is 0 Å². The lowest BCUT2D eigenvalue weighted by Crippen LogP contribution is -2.41. The Hall–Kier alpha value is -1.88. The van der Waals surface area contributed by atoms with Gasteiger partial charge in [-0.1, -0.05) is 137 Å². The molecule has 0 radical (unpaired) electrons.